The van der Waals surface area contributed by atoms with Gasteiger partial charge in [-0.2, -0.15) is 0 Å². The first-order valence-electron chi connectivity index (χ1n) is 12.6. The number of ether oxygens (including phenoxy) is 1. The van der Waals surface area contributed by atoms with Gasteiger partial charge in [0, 0.05) is 46.9 Å². The second kappa shape index (κ2) is 10.4. The third-order valence-electron chi connectivity index (χ3n) is 8.05. The van der Waals surface area contributed by atoms with E-state index in [1.165, 1.54) is 35.1 Å². The van der Waals surface area contributed by atoms with Crippen LogP contribution in [-0.4, -0.2) is 46.7 Å². The van der Waals surface area contributed by atoms with Crippen LogP contribution >= 0.6 is 34.2 Å². The molecule has 1 saturated carbocycles. The van der Waals surface area contributed by atoms with Crippen molar-refractivity contribution >= 4 is 52.7 Å². The highest BCUT2D eigenvalue weighted by molar-refractivity contribution is 14.1. The number of hydrogen-bond acceptors (Lipinski definition) is 6. The third kappa shape index (κ3) is 5.60. The molecule has 0 radical (unpaired) electrons. The number of thiophene rings is 1. The average Bonchev–Trinajstić information content (AvgIpc) is 3.33. The number of nitrogens with zero attached hydrogens (tertiary/aromatic N) is 3. The Morgan fingerprint density at radius 2 is 1.88 bits per heavy atom. The molecule has 184 valence electrons. The molecule has 33 heavy (non-hydrogen) atoms. The van der Waals surface area contributed by atoms with Gasteiger partial charge in [-0.1, -0.05) is 27.7 Å². The van der Waals surface area contributed by atoms with Crippen LogP contribution in [0.4, 0.5) is 0 Å². The molecule has 0 aliphatic heterocycles. The lowest BCUT2D eigenvalue weighted by Crippen LogP contribution is -2.41. The Morgan fingerprint density at radius 3 is 2.55 bits per heavy atom. The minimum Gasteiger partial charge on any atom is -0.474 e. The molecule has 1 atom stereocenters. The van der Waals surface area contributed by atoms with Gasteiger partial charge in [0.15, 0.2) is 8.32 Å². The summed E-state index contributed by atoms with van der Waals surface area (Å²) in [5.74, 6) is 1.35. The molecule has 2 aliphatic rings. The van der Waals surface area contributed by atoms with Crippen molar-refractivity contribution in [2.45, 2.75) is 109 Å². The molecule has 5 nitrogen and oxygen atoms in total. The summed E-state index contributed by atoms with van der Waals surface area (Å²) in [6.45, 7) is 15.8. The van der Waals surface area contributed by atoms with Crippen LogP contribution in [0.1, 0.15) is 82.6 Å². The monoisotopic (exact) mass is 601 g/mol. The van der Waals surface area contributed by atoms with E-state index in [4.69, 9.17) is 9.16 Å². The van der Waals surface area contributed by atoms with Gasteiger partial charge < -0.3 is 9.16 Å². The van der Waals surface area contributed by atoms with Crippen LogP contribution in [-0.2, 0) is 10.8 Å². The van der Waals surface area contributed by atoms with Crippen molar-refractivity contribution in [3.05, 3.63) is 16.8 Å². The number of aryl methyl sites for hydroxylation is 1. The van der Waals surface area contributed by atoms with Crippen molar-refractivity contribution < 1.29 is 9.16 Å². The Morgan fingerprint density at radius 1 is 1.15 bits per heavy atom. The third-order valence-corrected chi connectivity index (χ3v) is 15.2. The summed E-state index contributed by atoms with van der Waals surface area (Å²) in [7, 11) is -1.71. The van der Waals surface area contributed by atoms with E-state index < -0.39 is 8.32 Å². The molecule has 0 saturated heterocycles. The Labute approximate surface area is 218 Å². The fourth-order valence-corrected chi connectivity index (χ4v) is 7.80. The van der Waals surface area contributed by atoms with E-state index in [1.807, 2.05) is 11.3 Å². The van der Waals surface area contributed by atoms with Crippen LogP contribution in [0.5, 0.6) is 5.88 Å². The van der Waals surface area contributed by atoms with E-state index in [-0.39, 0.29) is 11.1 Å². The van der Waals surface area contributed by atoms with Crippen molar-refractivity contribution in [3.8, 4) is 5.88 Å². The first kappa shape index (κ1) is 25.8. The normalized spacial score (nSPS) is 23.9. The van der Waals surface area contributed by atoms with E-state index in [1.54, 1.807) is 6.33 Å². The number of aromatic nitrogens is 2. The largest absolute Gasteiger partial charge is 0.474 e. The molecule has 1 fully saturated rings. The lowest BCUT2D eigenvalue weighted by Gasteiger charge is -2.36. The highest BCUT2D eigenvalue weighted by Gasteiger charge is 2.38. The fraction of sp³-hybridized carbons (Fsp3) is 0.760. The van der Waals surface area contributed by atoms with Gasteiger partial charge in [-0.15, -0.1) is 11.3 Å². The SMILES string of the molecule is CCN(I)[C@H]1CC[C@H](Oc2ncnc3sc4c(c23)[C@@H](CCO[Si](C)(C)C(C)(C)C)CC4)CC1. The van der Waals surface area contributed by atoms with Gasteiger partial charge in [0.25, 0.3) is 0 Å². The maximum atomic E-state index is 6.58. The number of halogens is 1. The smallest absolute Gasteiger partial charge is 0.225 e. The van der Waals surface area contributed by atoms with Crippen molar-refractivity contribution in [3.63, 3.8) is 0 Å². The van der Waals surface area contributed by atoms with Crippen LogP contribution in [0.15, 0.2) is 6.33 Å². The lowest BCUT2D eigenvalue weighted by molar-refractivity contribution is 0.124. The molecule has 2 aromatic heterocycles. The van der Waals surface area contributed by atoms with E-state index in [9.17, 15) is 0 Å². The molecule has 0 bridgehead atoms. The van der Waals surface area contributed by atoms with Gasteiger partial charge in [0.1, 0.15) is 17.3 Å². The maximum absolute atomic E-state index is 6.58. The molecule has 0 spiro atoms. The molecule has 2 aliphatic carbocycles. The minimum absolute atomic E-state index is 0.252. The summed E-state index contributed by atoms with van der Waals surface area (Å²) in [4.78, 5) is 11.9. The second-order valence-electron chi connectivity index (χ2n) is 11.2. The summed E-state index contributed by atoms with van der Waals surface area (Å²) in [6.07, 6.45) is 9.99. The molecule has 0 aromatic carbocycles. The summed E-state index contributed by atoms with van der Waals surface area (Å²) >= 11 is 4.32. The van der Waals surface area contributed by atoms with Crippen molar-refractivity contribution in [1.29, 1.82) is 0 Å². The van der Waals surface area contributed by atoms with Crippen molar-refractivity contribution in [1.82, 2.24) is 13.1 Å². The quantitative estimate of drug-likeness (QED) is 0.178. The summed E-state index contributed by atoms with van der Waals surface area (Å²) in [5.41, 5.74) is 1.46. The van der Waals surface area contributed by atoms with Crippen LogP contribution in [0.25, 0.3) is 10.2 Å². The predicted molar refractivity (Wildman–Crippen MR) is 149 cm³/mol. The van der Waals surface area contributed by atoms with E-state index >= 15 is 0 Å². The molecule has 8 heteroatoms. The zero-order valence-electron chi connectivity index (χ0n) is 21.1. The topological polar surface area (TPSA) is 47.5 Å². The maximum Gasteiger partial charge on any atom is 0.225 e. The molecule has 0 amide bonds. The predicted octanol–water partition coefficient (Wildman–Crippen LogP) is 7.49. The molecular formula is C25H40IN3O2SSi. The number of rotatable bonds is 8. The Bertz CT molecular complexity index is 953. The van der Waals surface area contributed by atoms with Crippen molar-refractivity contribution in [2.75, 3.05) is 13.2 Å². The van der Waals surface area contributed by atoms with Crippen LogP contribution in [0, 0.1) is 0 Å². The average molecular weight is 602 g/mol. The van der Waals surface area contributed by atoms with Crippen LogP contribution in [0.3, 0.4) is 0 Å². The Kier molecular flexibility index (Phi) is 8.10. The zero-order valence-corrected chi connectivity index (χ0v) is 25.1. The van der Waals surface area contributed by atoms with Gasteiger partial charge in [-0.05, 0) is 74.6 Å². The first-order chi connectivity index (χ1) is 15.6. The van der Waals surface area contributed by atoms with Gasteiger partial charge in [0.2, 0.25) is 5.88 Å². The minimum atomic E-state index is -1.71. The number of hydrogen-bond donors (Lipinski definition) is 0. The van der Waals surface area contributed by atoms with Gasteiger partial charge in [-0.25, -0.2) is 13.1 Å². The highest BCUT2D eigenvalue weighted by atomic mass is 127. The van der Waals surface area contributed by atoms with E-state index in [0.29, 0.717) is 12.0 Å². The van der Waals surface area contributed by atoms with Crippen LogP contribution in [0.2, 0.25) is 18.1 Å². The number of fused-ring (bicyclic) bond motifs is 3. The molecule has 0 unspecified atom stereocenters. The van der Waals surface area contributed by atoms with Gasteiger partial charge >= 0.3 is 0 Å². The molecule has 0 N–H and O–H groups in total. The van der Waals surface area contributed by atoms with Crippen molar-refractivity contribution in [2.24, 2.45) is 0 Å². The van der Waals surface area contributed by atoms with Gasteiger partial charge in [-0.3, -0.25) is 0 Å². The fourth-order valence-electron chi connectivity index (χ4n) is 4.95. The standard InChI is InChI=1S/C25H40IN3O2SSi/c1-7-29(26)18-9-11-19(12-10-18)31-23-22-21-17(14-15-30-33(5,6)25(2,3)4)8-13-20(21)32-24(22)28-16-27-23/h16-19H,7-15H2,1-6H3/t17-,18-,19-/m1/s1. The zero-order chi connectivity index (χ0) is 23.8. The summed E-state index contributed by atoms with van der Waals surface area (Å²) < 4.78 is 15.5. The van der Waals surface area contributed by atoms with E-state index in [0.717, 1.165) is 49.5 Å². The highest BCUT2D eigenvalue weighted by Crippen LogP contribution is 2.48. The molecule has 4 rings (SSSR count). The summed E-state index contributed by atoms with van der Waals surface area (Å²) in [5, 5.41) is 1.45. The lowest BCUT2D eigenvalue weighted by atomic mass is 9.93. The molecule has 2 heterocycles. The van der Waals surface area contributed by atoms with E-state index in [2.05, 4.69) is 76.7 Å². The Hall–Kier alpha value is -0.293. The van der Waals surface area contributed by atoms with Crippen LogP contribution < -0.4 is 4.74 Å². The second-order valence-corrected chi connectivity index (χ2v) is 18.3. The Balaban J connectivity index is 1.47. The summed E-state index contributed by atoms with van der Waals surface area (Å²) in [6, 6.07) is 0.677. The molecular weight excluding hydrogens is 561 g/mol. The van der Waals surface area contributed by atoms with Gasteiger partial charge in [0.05, 0.1) is 5.39 Å². The molecule has 2 aromatic rings. The first-order valence-corrected chi connectivity index (χ1v) is 17.3.